The van der Waals surface area contributed by atoms with E-state index >= 15 is 4.39 Å². The van der Waals surface area contributed by atoms with Crippen LogP contribution in [0.2, 0.25) is 5.02 Å². The van der Waals surface area contributed by atoms with Crippen LogP contribution in [0, 0.1) is 30.0 Å². The highest BCUT2D eigenvalue weighted by Gasteiger charge is 2.49. The topological polar surface area (TPSA) is 131 Å². The van der Waals surface area contributed by atoms with Gasteiger partial charge in [-0.25, -0.2) is 9.37 Å². The summed E-state index contributed by atoms with van der Waals surface area (Å²) in [5, 5.41) is 17.8. The van der Waals surface area contributed by atoms with E-state index in [1.807, 2.05) is 26.0 Å². The molecule has 0 radical (unpaired) electrons. The highest BCUT2D eigenvalue weighted by atomic mass is 35.5. The van der Waals surface area contributed by atoms with Gasteiger partial charge in [-0.15, -0.1) is 0 Å². The minimum absolute atomic E-state index is 0.0603. The first kappa shape index (κ1) is 32.7. The van der Waals surface area contributed by atoms with Crippen molar-refractivity contribution in [3.63, 3.8) is 0 Å². The van der Waals surface area contributed by atoms with Crippen molar-refractivity contribution < 1.29 is 9.18 Å². The zero-order valence-corrected chi connectivity index (χ0v) is 29.0. The van der Waals surface area contributed by atoms with Crippen LogP contribution >= 0.6 is 11.6 Å². The molecule has 1 amide bonds. The molecule has 6 aromatic rings. The van der Waals surface area contributed by atoms with Crippen LogP contribution in [0.3, 0.4) is 0 Å². The second-order valence-corrected chi connectivity index (χ2v) is 13.8. The fourth-order valence-electron chi connectivity index (χ4n) is 8.03. The summed E-state index contributed by atoms with van der Waals surface area (Å²) in [7, 11) is 1.54. The molecule has 51 heavy (non-hydrogen) atoms. The standard InChI is InChI=1S/C39H34ClFN8O2/c1-20-25(7-4-8-28(20)40)33-22(6-5-11-42)14-26-36(34(33)41)47-35(23-9-10-29(45-17-23)39(51)43-3)27-16-31(21(2)48-13-12-44-19-32(48)50)49(38(26)27)37-24-15-30(37)46-18-24/h4,7-10,12-14,16-17,19,21,24,30,37,46H,5-6,15,18H2,1-3H3,(H,43,51)/t21?,24-,30-,37+/m1/s1. The van der Waals surface area contributed by atoms with Crippen LogP contribution in [0.1, 0.15) is 59.2 Å². The Labute approximate surface area is 297 Å². The quantitative estimate of drug-likeness (QED) is 0.185. The normalized spacial score (nSPS) is 18.5. The molecule has 10 nitrogen and oxygen atoms in total. The molecule has 4 aromatic heterocycles. The third kappa shape index (κ3) is 5.20. The molecule has 2 aliphatic heterocycles. The summed E-state index contributed by atoms with van der Waals surface area (Å²) in [4.78, 5) is 39.0. The summed E-state index contributed by atoms with van der Waals surface area (Å²) < 4.78 is 21.5. The zero-order valence-electron chi connectivity index (χ0n) is 28.2. The molecule has 2 saturated heterocycles. The van der Waals surface area contributed by atoms with Crippen molar-refractivity contribution >= 4 is 39.3 Å². The minimum Gasteiger partial charge on any atom is -0.354 e. The molecule has 6 heterocycles. The second kappa shape index (κ2) is 12.7. The fourth-order valence-corrected chi connectivity index (χ4v) is 8.20. The van der Waals surface area contributed by atoms with Gasteiger partial charge in [0.1, 0.15) is 11.2 Å². The van der Waals surface area contributed by atoms with Gasteiger partial charge in [0.15, 0.2) is 5.82 Å². The van der Waals surface area contributed by atoms with E-state index in [0.717, 1.165) is 35.1 Å². The van der Waals surface area contributed by atoms with E-state index in [2.05, 4.69) is 37.3 Å². The van der Waals surface area contributed by atoms with Crippen LogP contribution in [-0.4, -0.2) is 49.6 Å². The molecule has 2 N–H and O–H groups in total. The van der Waals surface area contributed by atoms with Crippen LogP contribution in [0.5, 0.6) is 0 Å². The number of aromatic nitrogens is 5. The van der Waals surface area contributed by atoms with Gasteiger partial charge in [-0.2, -0.15) is 5.26 Å². The number of carbonyl (C=O) groups is 1. The summed E-state index contributed by atoms with van der Waals surface area (Å²) >= 11 is 6.56. The number of pyridine rings is 2. The summed E-state index contributed by atoms with van der Waals surface area (Å²) in [5.41, 5.74) is 5.36. The summed E-state index contributed by atoms with van der Waals surface area (Å²) in [6.45, 7) is 4.70. The Morgan fingerprint density at radius 3 is 2.75 bits per heavy atom. The Kier molecular flexibility index (Phi) is 8.16. The number of nitriles is 1. The molecule has 256 valence electrons. The number of carbonyl (C=O) groups excluding carboxylic acids is 1. The number of aryl methyl sites for hydroxylation is 1. The minimum atomic E-state index is -0.508. The number of halogens is 2. The van der Waals surface area contributed by atoms with Crippen LogP contribution in [-0.2, 0) is 6.42 Å². The molecule has 1 unspecified atom stereocenters. The molecule has 9 rings (SSSR count). The van der Waals surface area contributed by atoms with E-state index in [1.54, 1.807) is 54.5 Å². The number of benzene rings is 2. The molecule has 4 atom stereocenters. The van der Waals surface area contributed by atoms with Gasteiger partial charge in [0.05, 0.1) is 35.6 Å². The number of hydrogen-bond acceptors (Lipinski definition) is 7. The predicted molar refractivity (Wildman–Crippen MR) is 194 cm³/mol. The van der Waals surface area contributed by atoms with E-state index in [0.29, 0.717) is 50.7 Å². The van der Waals surface area contributed by atoms with Crippen molar-refractivity contribution in [2.45, 2.75) is 51.2 Å². The Morgan fingerprint density at radius 2 is 2.06 bits per heavy atom. The number of nitrogens with zero attached hydrogens (tertiary/aromatic N) is 6. The maximum Gasteiger partial charge on any atom is 0.269 e. The summed E-state index contributed by atoms with van der Waals surface area (Å²) in [6.07, 6.45) is 7.70. The Hall–Kier alpha value is -5.44. The van der Waals surface area contributed by atoms with Crippen LogP contribution in [0.15, 0.2) is 72.0 Å². The summed E-state index contributed by atoms with van der Waals surface area (Å²) in [6, 6.07) is 14.9. The molecule has 2 bridgehead atoms. The van der Waals surface area contributed by atoms with E-state index in [1.165, 1.54) is 6.20 Å². The van der Waals surface area contributed by atoms with Crippen molar-refractivity contribution in [1.29, 1.82) is 5.26 Å². The molecular weight excluding hydrogens is 667 g/mol. The van der Waals surface area contributed by atoms with E-state index in [4.69, 9.17) is 16.6 Å². The smallest absolute Gasteiger partial charge is 0.269 e. The van der Waals surface area contributed by atoms with Gasteiger partial charge in [-0.3, -0.25) is 19.6 Å². The first-order valence-electron chi connectivity index (χ1n) is 17.0. The molecule has 0 spiro atoms. The van der Waals surface area contributed by atoms with Gasteiger partial charge >= 0.3 is 0 Å². The maximum atomic E-state index is 17.5. The lowest BCUT2D eigenvalue weighted by molar-refractivity contribution is 0.0958. The largest absolute Gasteiger partial charge is 0.354 e. The lowest BCUT2D eigenvalue weighted by Crippen LogP contribution is -2.40. The third-order valence-electron chi connectivity index (χ3n) is 10.7. The third-order valence-corrected chi connectivity index (χ3v) is 11.1. The lowest BCUT2D eigenvalue weighted by Gasteiger charge is -2.38. The molecule has 3 fully saturated rings. The second-order valence-electron chi connectivity index (χ2n) is 13.4. The molecular formula is C39H34ClFN8O2. The highest BCUT2D eigenvalue weighted by molar-refractivity contribution is 6.31. The Morgan fingerprint density at radius 1 is 1.22 bits per heavy atom. The van der Waals surface area contributed by atoms with E-state index in [9.17, 15) is 14.9 Å². The van der Waals surface area contributed by atoms with Crippen molar-refractivity contribution in [2.75, 3.05) is 13.6 Å². The number of fused-ring (bicyclic) bond motifs is 4. The number of hydrogen-bond donors (Lipinski definition) is 2. The van der Waals surface area contributed by atoms with Gasteiger partial charge in [-0.1, -0.05) is 23.7 Å². The SMILES string of the molecule is CNC(=O)c1ccc(-c2nc3c(F)c(-c4cccc(Cl)c4C)c(CCC#N)cc3c3c2cc(C(C)n2ccncc2=O)n3[C@H]2[C@H]3CN[C@@H]2C3)cn1. The van der Waals surface area contributed by atoms with Crippen LogP contribution < -0.4 is 16.2 Å². The monoisotopic (exact) mass is 700 g/mol. The van der Waals surface area contributed by atoms with Crippen molar-refractivity contribution in [3.8, 4) is 28.5 Å². The van der Waals surface area contributed by atoms with Crippen LogP contribution in [0.4, 0.5) is 4.39 Å². The predicted octanol–water partition coefficient (Wildman–Crippen LogP) is 6.53. The first-order chi connectivity index (χ1) is 24.7. The molecule has 3 aliphatic rings. The lowest BCUT2D eigenvalue weighted by atomic mass is 9.79. The van der Waals surface area contributed by atoms with Gasteiger partial charge in [0.25, 0.3) is 11.5 Å². The molecule has 1 aliphatic carbocycles. The number of amides is 1. The molecule has 12 heteroatoms. The van der Waals surface area contributed by atoms with E-state index in [-0.39, 0.29) is 41.2 Å². The maximum absolute atomic E-state index is 17.5. The number of rotatable bonds is 8. The van der Waals surface area contributed by atoms with E-state index < -0.39 is 11.9 Å². The highest BCUT2D eigenvalue weighted by Crippen LogP contribution is 2.50. The number of nitrogens with one attached hydrogen (secondary N) is 2. The average Bonchev–Trinajstić information content (AvgIpc) is 3.89. The molecule has 1 saturated carbocycles. The summed E-state index contributed by atoms with van der Waals surface area (Å²) in [5.74, 6) is -0.484. The first-order valence-corrected chi connectivity index (χ1v) is 17.4. The Balaban J connectivity index is 1.51. The van der Waals surface area contributed by atoms with Gasteiger partial charge in [0.2, 0.25) is 0 Å². The van der Waals surface area contributed by atoms with Gasteiger partial charge in [-0.05, 0) is 79.6 Å². The van der Waals surface area contributed by atoms with Crippen molar-refractivity contribution in [1.82, 2.24) is 34.7 Å². The average molecular weight is 701 g/mol. The van der Waals surface area contributed by atoms with Gasteiger partial charge < -0.3 is 19.8 Å². The zero-order chi connectivity index (χ0) is 35.6. The van der Waals surface area contributed by atoms with Crippen LogP contribution in [0.25, 0.3) is 44.2 Å². The Bertz CT molecular complexity index is 2470. The van der Waals surface area contributed by atoms with Crippen molar-refractivity contribution in [3.05, 3.63) is 111 Å². The molecule has 2 aromatic carbocycles. The van der Waals surface area contributed by atoms with Crippen molar-refractivity contribution in [2.24, 2.45) is 5.92 Å². The fraction of sp³-hybridized carbons (Fsp3) is 0.282. The van der Waals surface area contributed by atoms with Gasteiger partial charge in [0, 0.05) is 77.3 Å².